The number of imide groups is 1. The van der Waals surface area contributed by atoms with Crippen molar-refractivity contribution >= 4 is 35.0 Å². The zero-order valence-corrected chi connectivity index (χ0v) is 16.2. The van der Waals surface area contributed by atoms with Crippen molar-refractivity contribution in [1.29, 1.82) is 0 Å². The van der Waals surface area contributed by atoms with Gasteiger partial charge in [0.1, 0.15) is 6.54 Å². The van der Waals surface area contributed by atoms with Crippen LogP contribution in [-0.2, 0) is 14.3 Å². The number of carbonyl (C=O) groups excluding carboxylic acids is 3. The summed E-state index contributed by atoms with van der Waals surface area (Å²) in [5.41, 5.74) is 2.86. The van der Waals surface area contributed by atoms with Crippen LogP contribution in [0.25, 0.3) is 11.8 Å². The lowest BCUT2D eigenvalue weighted by atomic mass is 10.2. The number of benzene rings is 1. The number of hydrogen-bond acceptors (Lipinski definition) is 5. The topological polar surface area (TPSA) is 68.6 Å². The Kier molecular flexibility index (Phi) is 5.51. The zero-order valence-electron chi connectivity index (χ0n) is 15.3. The Morgan fingerprint density at radius 3 is 2.70 bits per heavy atom. The molecule has 0 unspecified atom stereocenters. The maximum atomic E-state index is 12.6. The molecule has 0 atom stereocenters. The SMILES string of the molecule is Cc1cccc(-n2cccc2/C=C2/SC(=O)N(CC(=O)OC(C)C)C2=O)c1. The van der Waals surface area contributed by atoms with Gasteiger partial charge in [0.15, 0.2) is 0 Å². The quantitative estimate of drug-likeness (QED) is 0.580. The van der Waals surface area contributed by atoms with E-state index < -0.39 is 17.1 Å². The highest BCUT2D eigenvalue weighted by atomic mass is 32.2. The van der Waals surface area contributed by atoms with E-state index in [-0.39, 0.29) is 17.6 Å². The molecule has 0 saturated carbocycles. The molecule has 1 fully saturated rings. The second-order valence-corrected chi connectivity index (χ2v) is 7.44. The molecular formula is C20H20N2O4S. The summed E-state index contributed by atoms with van der Waals surface area (Å²) in [5, 5.41) is -0.472. The van der Waals surface area contributed by atoms with Gasteiger partial charge in [-0.05, 0) is 68.4 Å². The van der Waals surface area contributed by atoms with Gasteiger partial charge in [-0.25, -0.2) is 0 Å². The molecule has 1 saturated heterocycles. The van der Waals surface area contributed by atoms with Crippen molar-refractivity contribution in [2.45, 2.75) is 26.9 Å². The van der Waals surface area contributed by atoms with Crippen LogP contribution in [0.3, 0.4) is 0 Å². The molecule has 27 heavy (non-hydrogen) atoms. The molecule has 140 valence electrons. The van der Waals surface area contributed by atoms with Crippen molar-refractivity contribution in [2.24, 2.45) is 0 Å². The number of nitrogens with zero attached hydrogens (tertiary/aromatic N) is 2. The Hall–Kier alpha value is -2.80. The van der Waals surface area contributed by atoms with Gasteiger partial charge in [0.2, 0.25) is 0 Å². The van der Waals surface area contributed by atoms with E-state index in [0.29, 0.717) is 0 Å². The number of amides is 2. The van der Waals surface area contributed by atoms with Gasteiger partial charge >= 0.3 is 5.97 Å². The first-order chi connectivity index (χ1) is 12.8. The molecule has 1 aliphatic rings. The van der Waals surface area contributed by atoms with Gasteiger partial charge in [0.05, 0.1) is 11.0 Å². The normalized spacial score (nSPS) is 15.9. The first kappa shape index (κ1) is 19.0. The fourth-order valence-corrected chi connectivity index (χ4v) is 3.55. The second kappa shape index (κ2) is 7.84. The Labute approximate surface area is 161 Å². The van der Waals surface area contributed by atoms with Crippen LogP contribution >= 0.6 is 11.8 Å². The number of esters is 1. The van der Waals surface area contributed by atoms with Crippen LogP contribution in [-0.4, -0.2) is 39.2 Å². The predicted octanol–water partition coefficient (Wildman–Crippen LogP) is 3.77. The lowest BCUT2D eigenvalue weighted by Gasteiger charge is -2.13. The van der Waals surface area contributed by atoms with Crippen LogP contribution in [0.15, 0.2) is 47.5 Å². The maximum Gasteiger partial charge on any atom is 0.326 e. The molecule has 0 radical (unpaired) electrons. The van der Waals surface area contributed by atoms with Crippen molar-refractivity contribution in [3.05, 3.63) is 58.8 Å². The zero-order chi connectivity index (χ0) is 19.6. The van der Waals surface area contributed by atoms with Crippen LogP contribution < -0.4 is 0 Å². The molecule has 7 heteroatoms. The van der Waals surface area contributed by atoms with E-state index in [0.717, 1.165) is 33.6 Å². The van der Waals surface area contributed by atoms with Crippen LogP contribution in [0, 0.1) is 6.92 Å². The molecule has 1 aromatic carbocycles. The second-order valence-electron chi connectivity index (χ2n) is 6.45. The summed E-state index contributed by atoms with van der Waals surface area (Å²) >= 11 is 0.825. The summed E-state index contributed by atoms with van der Waals surface area (Å²) in [7, 11) is 0. The number of aromatic nitrogens is 1. The highest BCUT2D eigenvalue weighted by Gasteiger charge is 2.37. The third-order valence-electron chi connectivity index (χ3n) is 3.87. The number of rotatable bonds is 5. The van der Waals surface area contributed by atoms with E-state index in [4.69, 9.17) is 4.74 Å². The smallest absolute Gasteiger partial charge is 0.326 e. The third-order valence-corrected chi connectivity index (χ3v) is 4.77. The number of hydrogen-bond donors (Lipinski definition) is 0. The summed E-state index contributed by atoms with van der Waals surface area (Å²) in [6.45, 7) is 5.06. The Balaban J connectivity index is 1.83. The molecule has 0 N–H and O–H groups in total. The van der Waals surface area contributed by atoms with E-state index in [9.17, 15) is 14.4 Å². The minimum atomic E-state index is -0.600. The van der Waals surface area contributed by atoms with E-state index in [1.807, 2.05) is 54.1 Å². The van der Waals surface area contributed by atoms with Gasteiger partial charge < -0.3 is 9.30 Å². The molecule has 0 spiro atoms. The van der Waals surface area contributed by atoms with Crippen LogP contribution in [0.1, 0.15) is 25.1 Å². The summed E-state index contributed by atoms with van der Waals surface area (Å²) < 4.78 is 6.96. The van der Waals surface area contributed by atoms with Crippen molar-refractivity contribution < 1.29 is 19.1 Å². The average Bonchev–Trinajstić information content (AvgIpc) is 3.15. The lowest BCUT2D eigenvalue weighted by molar-refractivity contribution is -0.149. The summed E-state index contributed by atoms with van der Waals surface area (Å²) in [6.07, 6.45) is 3.26. The molecule has 2 amide bonds. The predicted molar refractivity (Wildman–Crippen MR) is 104 cm³/mol. The minimum absolute atomic E-state index is 0.282. The molecule has 1 aliphatic heterocycles. The summed E-state index contributed by atoms with van der Waals surface area (Å²) in [4.78, 5) is 37.7. The monoisotopic (exact) mass is 384 g/mol. The highest BCUT2D eigenvalue weighted by molar-refractivity contribution is 8.18. The van der Waals surface area contributed by atoms with Crippen molar-refractivity contribution in [3.63, 3.8) is 0 Å². The Morgan fingerprint density at radius 1 is 1.22 bits per heavy atom. The lowest BCUT2D eigenvalue weighted by Crippen LogP contribution is -2.35. The van der Waals surface area contributed by atoms with E-state index in [2.05, 4.69) is 0 Å². The number of aryl methyl sites for hydroxylation is 1. The van der Waals surface area contributed by atoms with Crippen molar-refractivity contribution in [1.82, 2.24) is 9.47 Å². The molecular weight excluding hydrogens is 364 g/mol. The van der Waals surface area contributed by atoms with E-state index in [1.54, 1.807) is 19.9 Å². The van der Waals surface area contributed by atoms with Crippen LogP contribution in [0.5, 0.6) is 0 Å². The van der Waals surface area contributed by atoms with E-state index >= 15 is 0 Å². The Morgan fingerprint density at radius 2 is 2.00 bits per heavy atom. The standard InChI is InChI=1S/C20H20N2O4S/c1-13(2)26-18(23)12-22-19(24)17(27-20(22)25)11-16-8-5-9-21(16)15-7-4-6-14(3)10-15/h4-11,13H,12H2,1-3H3/b17-11+. The molecule has 0 aliphatic carbocycles. The third kappa shape index (κ3) is 4.31. The van der Waals surface area contributed by atoms with Gasteiger partial charge in [0, 0.05) is 17.6 Å². The fraction of sp³-hybridized carbons (Fsp3) is 0.250. The summed E-state index contributed by atoms with van der Waals surface area (Å²) in [5.74, 6) is -1.08. The molecule has 3 rings (SSSR count). The molecule has 0 bridgehead atoms. The fourth-order valence-electron chi connectivity index (χ4n) is 2.72. The molecule has 2 heterocycles. The number of carbonyl (C=O) groups is 3. The molecule has 2 aromatic rings. The first-order valence-electron chi connectivity index (χ1n) is 8.54. The van der Waals surface area contributed by atoms with Gasteiger partial charge in [-0.15, -0.1) is 0 Å². The van der Waals surface area contributed by atoms with Gasteiger partial charge in [-0.2, -0.15) is 0 Å². The molecule has 6 nitrogen and oxygen atoms in total. The Bertz CT molecular complexity index is 930. The van der Waals surface area contributed by atoms with Gasteiger partial charge in [0.25, 0.3) is 11.1 Å². The summed E-state index contributed by atoms with van der Waals surface area (Å²) in [6, 6.07) is 11.7. The molecule has 1 aromatic heterocycles. The highest BCUT2D eigenvalue weighted by Crippen LogP contribution is 2.32. The average molecular weight is 384 g/mol. The largest absolute Gasteiger partial charge is 0.462 e. The number of ether oxygens (including phenoxy) is 1. The van der Waals surface area contributed by atoms with Crippen LogP contribution in [0.2, 0.25) is 0 Å². The maximum absolute atomic E-state index is 12.6. The number of thioether (sulfide) groups is 1. The van der Waals surface area contributed by atoms with Crippen molar-refractivity contribution in [3.8, 4) is 5.69 Å². The van der Waals surface area contributed by atoms with Crippen molar-refractivity contribution in [2.75, 3.05) is 6.54 Å². The van der Waals surface area contributed by atoms with E-state index in [1.165, 1.54) is 0 Å². The van der Waals surface area contributed by atoms with Gasteiger partial charge in [-0.3, -0.25) is 19.3 Å². The van der Waals surface area contributed by atoms with Crippen LogP contribution in [0.4, 0.5) is 4.79 Å². The first-order valence-corrected chi connectivity index (χ1v) is 9.36. The minimum Gasteiger partial charge on any atom is -0.462 e. The van der Waals surface area contributed by atoms with Gasteiger partial charge in [-0.1, -0.05) is 12.1 Å².